The number of carbonyl (C=O) groups excluding carboxylic acids is 1. The quantitative estimate of drug-likeness (QED) is 0.349. The van der Waals surface area contributed by atoms with E-state index in [0.717, 1.165) is 9.58 Å². The third-order valence-corrected chi connectivity index (χ3v) is 4.56. The minimum absolute atomic E-state index is 0.168. The second-order valence-electron chi connectivity index (χ2n) is 5.22. The number of benzene rings is 2. The summed E-state index contributed by atoms with van der Waals surface area (Å²) in [6.45, 7) is -0.0644. The van der Waals surface area contributed by atoms with E-state index in [-0.39, 0.29) is 19.0 Å². The van der Waals surface area contributed by atoms with Crippen LogP contribution in [0.3, 0.4) is 0 Å². The summed E-state index contributed by atoms with van der Waals surface area (Å²) in [7, 11) is 0. The summed E-state index contributed by atoms with van der Waals surface area (Å²) in [6.07, 6.45) is 0. The molecule has 0 fully saturated rings. The van der Waals surface area contributed by atoms with E-state index in [9.17, 15) is 9.59 Å². The maximum absolute atomic E-state index is 11.9. The Balaban J connectivity index is 1.48. The standard InChI is InChI=1S/C18H15ClN2O4S/c19-14-6-8-15(9-7-14)26-11-10-24-16(22)12-21-18(23)25-17(20-21)13-4-2-1-3-5-13/h1-9H,10-12H2. The van der Waals surface area contributed by atoms with Gasteiger partial charge in [0.2, 0.25) is 5.89 Å². The Hall–Kier alpha value is -2.51. The molecule has 3 rings (SSSR count). The average molecular weight is 391 g/mol. The number of nitrogens with zero attached hydrogens (tertiary/aromatic N) is 2. The number of hydrogen-bond acceptors (Lipinski definition) is 6. The molecule has 2 aromatic carbocycles. The molecular weight excluding hydrogens is 376 g/mol. The van der Waals surface area contributed by atoms with Gasteiger partial charge in [0, 0.05) is 21.2 Å². The van der Waals surface area contributed by atoms with Gasteiger partial charge in [-0.25, -0.2) is 4.79 Å². The Kier molecular flexibility index (Phi) is 6.14. The van der Waals surface area contributed by atoms with E-state index >= 15 is 0 Å². The van der Waals surface area contributed by atoms with Crippen molar-refractivity contribution in [3.63, 3.8) is 0 Å². The highest BCUT2D eigenvalue weighted by Gasteiger charge is 2.13. The van der Waals surface area contributed by atoms with Crippen LogP contribution in [-0.2, 0) is 16.1 Å². The zero-order valence-corrected chi connectivity index (χ0v) is 15.2. The zero-order chi connectivity index (χ0) is 18.4. The molecule has 134 valence electrons. The van der Waals surface area contributed by atoms with E-state index in [1.54, 1.807) is 48.2 Å². The van der Waals surface area contributed by atoms with Gasteiger partial charge in [0.15, 0.2) is 0 Å². The molecule has 3 aromatic rings. The summed E-state index contributed by atoms with van der Waals surface area (Å²) in [5.41, 5.74) is 0.663. The maximum atomic E-state index is 11.9. The van der Waals surface area contributed by atoms with Crippen LogP contribution < -0.4 is 5.76 Å². The molecular formula is C18H15ClN2O4S. The maximum Gasteiger partial charge on any atom is 0.437 e. The smallest absolute Gasteiger partial charge is 0.437 e. The molecule has 26 heavy (non-hydrogen) atoms. The van der Waals surface area contributed by atoms with Crippen LogP contribution in [0.4, 0.5) is 0 Å². The van der Waals surface area contributed by atoms with E-state index in [4.69, 9.17) is 20.8 Å². The van der Waals surface area contributed by atoms with Crippen LogP contribution in [0.2, 0.25) is 5.02 Å². The lowest BCUT2D eigenvalue weighted by Gasteiger charge is -2.04. The highest BCUT2D eigenvalue weighted by molar-refractivity contribution is 7.99. The predicted molar refractivity (Wildman–Crippen MR) is 99.3 cm³/mol. The summed E-state index contributed by atoms with van der Waals surface area (Å²) in [6, 6.07) is 16.4. The van der Waals surface area contributed by atoms with Crippen LogP contribution in [0.5, 0.6) is 0 Å². The monoisotopic (exact) mass is 390 g/mol. The molecule has 0 amide bonds. The lowest BCUT2D eigenvalue weighted by molar-refractivity contribution is -0.144. The number of hydrogen-bond donors (Lipinski definition) is 0. The van der Waals surface area contributed by atoms with Crippen LogP contribution >= 0.6 is 23.4 Å². The molecule has 0 spiro atoms. The summed E-state index contributed by atoms with van der Waals surface area (Å²) in [5, 5.41) is 4.70. The van der Waals surface area contributed by atoms with E-state index in [2.05, 4.69) is 5.10 Å². The Morgan fingerprint density at radius 1 is 1.15 bits per heavy atom. The minimum atomic E-state index is -0.698. The number of esters is 1. The number of aromatic nitrogens is 2. The fourth-order valence-corrected chi connectivity index (χ4v) is 2.97. The minimum Gasteiger partial charge on any atom is -0.463 e. The number of carbonyl (C=O) groups is 1. The van der Waals surface area contributed by atoms with Crippen molar-refractivity contribution in [3.8, 4) is 11.5 Å². The van der Waals surface area contributed by atoms with Crippen molar-refractivity contribution in [3.05, 3.63) is 70.2 Å². The van der Waals surface area contributed by atoms with Gasteiger partial charge in [0.1, 0.15) is 13.2 Å². The summed E-state index contributed by atoms with van der Waals surface area (Å²) < 4.78 is 11.2. The summed E-state index contributed by atoms with van der Waals surface area (Å²) in [4.78, 5) is 24.7. The fraction of sp³-hybridized carbons (Fsp3) is 0.167. The first-order valence-corrected chi connectivity index (χ1v) is 9.15. The van der Waals surface area contributed by atoms with E-state index in [0.29, 0.717) is 16.3 Å². The van der Waals surface area contributed by atoms with Crippen molar-refractivity contribution in [2.45, 2.75) is 11.4 Å². The van der Waals surface area contributed by atoms with Crippen molar-refractivity contribution in [1.29, 1.82) is 0 Å². The second kappa shape index (κ2) is 8.73. The molecule has 0 aliphatic rings. The van der Waals surface area contributed by atoms with Crippen LogP contribution in [0.15, 0.2) is 68.7 Å². The predicted octanol–water partition coefficient (Wildman–Crippen LogP) is 3.49. The van der Waals surface area contributed by atoms with Gasteiger partial charge in [-0.05, 0) is 36.4 Å². The van der Waals surface area contributed by atoms with Gasteiger partial charge in [0.25, 0.3) is 0 Å². The first-order valence-electron chi connectivity index (χ1n) is 7.79. The number of ether oxygens (including phenoxy) is 1. The zero-order valence-electron chi connectivity index (χ0n) is 13.6. The molecule has 0 radical (unpaired) electrons. The van der Waals surface area contributed by atoms with Gasteiger partial charge in [-0.3, -0.25) is 4.79 Å². The normalized spacial score (nSPS) is 10.7. The molecule has 0 saturated heterocycles. The third kappa shape index (κ3) is 5.00. The molecule has 0 unspecified atom stereocenters. The van der Waals surface area contributed by atoms with Gasteiger partial charge in [-0.1, -0.05) is 29.8 Å². The topological polar surface area (TPSA) is 74.3 Å². The molecule has 1 aromatic heterocycles. The van der Waals surface area contributed by atoms with Crippen molar-refractivity contribution in [2.24, 2.45) is 0 Å². The van der Waals surface area contributed by atoms with Gasteiger partial charge >= 0.3 is 11.7 Å². The van der Waals surface area contributed by atoms with Crippen LogP contribution in [0.1, 0.15) is 0 Å². The molecule has 0 aliphatic carbocycles. The molecule has 1 heterocycles. The van der Waals surface area contributed by atoms with Gasteiger partial charge < -0.3 is 9.15 Å². The van der Waals surface area contributed by atoms with Crippen molar-refractivity contribution >= 4 is 29.3 Å². The highest BCUT2D eigenvalue weighted by atomic mass is 35.5. The number of halogens is 1. The summed E-state index contributed by atoms with van der Waals surface area (Å²) in [5.74, 6) is -0.481. The molecule has 8 heteroatoms. The Labute approximate surface area is 158 Å². The van der Waals surface area contributed by atoms with E-state index in [1.165, 1.54) is 0 Å². The summed E-state index contributed by atoms with van der Waals surface area (Å²) >= 11 is 7.37. The van der Waals surface area contributed by atoms with Crippen molar-refractivity contribution in [1.82, 2.24) is 9.78 Å². The van der Waals surface area contributed by atoms with Gasteiger partial charge in [-0.15, -0.1) is 16.9 Å². The Morgan fingerprint density at radius 3 is 2.62 bits per heavy atom. The molecule has 6 nitrogen and oxygen atoms in total. The number of thioether (sulfide) groups is 1. The van der Waals surface area contributed by atoms with E-state index in [1.807, 2.05) is 18.2 Å². The number of rotatable bonds is 7. The van der Waals surface area contributed by atoms with Crippen LogP contribution in [0, 0.1) is 0 Å². The van der Waals surface area contributed by atoms with Crippen LogP contribution in [0.25, 0.3) is 11.5 Å². The molecule has 0 saturated carbocycles. The first kappa shape index (κ1) is 18.3. The largest absolute Gasteiger partial charge is 0.463 e. The average Bonchev–Trinajstić information content (AvgIpc) is 3.01. The molecule has 0 aliphatic heterocycles. The SMILES string of the molecule is O=C(Cn1nc(-c2ccccc2)oc1=O)OCCSc1ccc(Cl)cc1. The molecule has 0 bridgehead atoms. The second-order valence-corrected chi connectivity index (χ2v) is 6.82. The van der Waals surface area contributed by atoms with Crippen LogP contribution in [-0.4, -0.2) is 28.1 Å². The van der Waals surface area contributed by atoms with Gasteiger partial charge in [0.05, 0.1) is 0 Å². The Morgan fingerprint density at radius 2 is 1.88 bits per heavy atom. The molecule has 0 N–H and O–H groups in total. The lowest BCUT2D eigenvalue weighted by atomic mass is 10.2. The van der Waals surface area contributed by atoms with Gasteiger partial charge in [-0.2, -0.15) is 4.68 Å². The van der Waals surface area contributed by atoms with Crippen molar-refractivity contribution < 1.29 is 13.9 Å². The van der Waals surface area contributed by atoms with E-state index < -0.39 is 11.7 Å². The first-order chi connectivity index (χ1) is 12.6. The molecule has 0 atom stereocenters. The fourth-order valence-electron chi connectivity index (χ4n) is 2.12. The van der Waals surface area contributed by atoms with Crippen molar-refractivity contribution in [2.75, 3.05) is 12.4 Å². The Bertz CT molecular complexity index is 922. The lowest BCUT2D eigenvalue weighted by Crippen LogP contribution is -2.23. The third-order valence-electron chi connectivity index (χ3n) is 3.33. The highest BCUT2D eigenvalue weighted by Crippen LogP contribution is 2.20.